The van der Waals surface area contributed by atoms with Crippen LogP contribution in [0.5, 0.6) is 0 Å². The van der Waals surface area contributed by atoms with Crippen molar-refractivity contribution in [3.05, 3.63) is 76.3 Å². The van der Waals surface area contributed by atoms with Gasteiger partial charge in [0.15, 0.2) is 0 Å². The zero-order valence-electron chi connectivity index (χ0n) is 13.8. The van der Waals surface area contributed by atoms with E-state index in [0.717, 1.165) is 23.0 Å². The zero-order chi connectivity index (χ0) is 17.9. The second kappa shape index (κ2) is 7.70. The van der Waals surface area contributed by atoms with E-state index in [9.17, 15) is 8.42 Å². The summed E-state index contributed by atoms with van der Waals surface area (Å²) >= 11 is 5.97. The highest BCUT2D eigenvalue weighted by atomic mass is 35.5. The van der Waals surface area contributed by atoms with E-state index in [-0.39, 0.29) is 12.7 Å². The molecule has 0 unspecified atom stereocenters. The van der Waals surface area contributed by atoms with Crippen LogP contribution in [0.1, 0.15) is 23.7 Å². The van der Waals surface area contributed by atoms with Crippen LogP contribution in [0, 0.1) is 0 Å². The van der Waals surface area contributed by atoms with Gasteiger partial charge in [-0.2, -0.15) is 8.42 Å². The fourth-order valence-electron chi connectivity index (χ4n) is 2.89. The standard InChI is InChI=1S/C19H19ClO4S/c1-25(21,22)24-18-12-16(11-14-5-3-2-4-6-14)19(23-13-18)15-7-9-17(20)10-8-15/h2-11,18-19H,12-13H2,1H3/b16-11-/t18-,19+/m0/s1. The highest BCUT2D eigenvalue weighted by Gasteiger charge is 2.30. The molecule has 1 saturated heterocycles. The number of rotatable bonds is 4. The summed E-state index contributed by atoms with van der Waals surface area (Å²) in [6, 6.07) is 17.3. The Morgan fingerprint density at radius 2 is 1.80 bits per heavy atom. The number of hydrogen-bond acceptors (Lipinski definition) is 4. The van der Waals surface area contributed by atoms with Crippen LogP contribution in [-0.4, -0.2) is 27.4 Å². The van der Waals surface area contributed by atoms with Crippen LogP contribution in [0.3, 0.4) is 0 Å². The number of hydrogen-bond donors (Lipinski definition) is 0. The molecule has 0 aliphatic carbocycles. The van der Waals surface area contributed by atoms with Crippen molar-refractivity contribution in [1.29, 1.82) is 0 Å². The monoisotopic (exact) mass is 378 g/mol. The molecule has 2 aromatic carbocycles. The summed E-state index contributed by atoms with van der Waals surface area (Å²) in [5.74, 6) is 0. The van der Waals surface area contributed by atoms with Crippen molar-refractivity contribution in [1.82, 2.24) is 0 Å². The summed E-state index contributed by atoms with van der Waals surface area (Å²) in [6.45, 7) is 0.215. The Kier molecular flexibility index (Phi) is 5.59. The van der Waals surface area contributed by atoms with Crippen molar-refractivity contribution in [2.24, 2.45) is 0 Å². The van der Waals surface area contributed by atoms with Crippen molar-refractivity contribution in [3.63, 3.8) is 0 Å². The molecule has 0 amide bonds. The first-order chi connectivity index (χ1) is 11.9. The van der Waals surface area contributed by atoms with Crippen molar-refractivity contribution >= 4 is 27.8 Å². The first-order valence-corrected chi connectivity index (χ1v) is 10.1. The molecule has 3 rings (SSSR count). The Labute approximate surface area is 153 Å². The fourth-order valence-corrected chi connectivity index (χ4v) is 3.64. The Balaban J connectivity index is 1.91. The summed E-state index contributed by atoms with van der Waals surface area (Å²) in [4.78, 5) is 0. The molecule has 0 saturated carbocycles. The molecule has 6 heteroatoms. The number of halogens is 1. The van der Waals surface area contributed by atoms with E-state index in [0.29, 0.717) is 11.4 Å². The molecule has 25 heavy (non-hydrogen) atoms. The van der Waals surface area contributed by atoms with Crippen molar-refractivity contribution in [2.75, 3.05) is 12.9 Å². The maximum Gasteiger partial charge on any atom is 0.264 e. The third-order valence-corrected chi connectivity index (χ3v) is 4.76. The largest absolute Gasteiger partial charge is 0.366 e. The SMILES string of the molecule is CS(=O)(=O)O[C@@H]1CO[C@H](c2ccc(Cl)cc2)/C(=C\c2ccccc2)C1. The van der Waals surface area contributed by atoms with Gasteiger partial charge in [0.05, 0.1) is 12.9 Å². The minimum atomic E-state index is -3.53. The van der Waals surface area contributed by atoms with Crippen molar-refractivity contribution in [3.8, 4) is 0 Å². The Bertz CT molecular complexity index is 845. The first-order valence-electron chi connectivity index (χ1n) is 7.91. The van der Waals surface area contributed by atoms with E-state index in [4.69, 9.17) is 20.5 Å². The van der Waals surface area contributed by atoms with Gasteiger partial charge >= 0.3 is 0 Å². The number of ether oxygens (including phenoxy) is 1. The molecule has 0 radical (unpaired) electrons. The van der Waals surface area contributed by atoms with Gasteiger partial charge in [-0.3, -0.25) is 4.18 Å². The quantitative estimate of drug-likeness (QED) is 0.747. The maximum absolute atomic E-state index is 11.4. The maximum atomic E-state index is 11.4. The van der Waals surface area contributed by atoms with Crippen LogP contribution in [0.4, 0.5) is 0 Å². The van der Waals surface area contributed by atoms with Gasteiger partial charge in [0.2, 0.25) is 0 Å². The van der Waals surface area contributed by atoms with Crippen LogP contribution < -0.4 is 0 Å². The van der Waals surface area contributed by atoms with Crippen LogP contribution >= 0.6 is 11.6 Å². The fraction of sp³-hybridized carbons (Fsp3) is 0.263. The van der Waals surface area contributed by atoms with E-state index in [1.54, 1.807) is 0 Å². The zero-order valence-corrected chi connectivity index (χ0v) is 15.3. The van der Waals surface area contributed by atoms with Gasteiger partial charge < -0.3 is 4.74 Å². The smallest absolute Gasteiger partial charge is 0.264 e. The molecule has 0 spiro atoms. The van der Waals surface area contributed by atoms with Crippen LogP contribution in [-0.2, 0) is 19.0 Å². The summed E-state index contributed by atoms with van der Waals surface area (Å²) in [5.41, 5.74) is 2.97. The van der Waals surface area contributed by atoms with Gasteiger partial charge in [-0.25, -0.2) is 0 Å². The molecule has 2 atom stereocenters. The van der Waals surface area contributed by atoms with Crippen LogP contribution in [0.15, 0.2) is 60.2 Å². The molecule has 4 nitrogen and oxygen atoms in total. The molecule has 1 aliphatic heterocycles. The third-order valence-electron chi connectivity index (χ3n) is 3.88. The van der Waals surface area contributed by atoms with Crippen molar-refractivity contribution < 1.29 is 17.3 Å². The van der Waals surface area contributed by atoms with Gasteiger partial charge in [-0.15, -0.1) is 0 Å². The minimum Gasteiger partial charge on any atom is -0.366 e. The third kappa shape index (κ3) is 5.16. The Morgan fingerprint density at radius 3 is 2.44 bits per heavy atom. The van der Waals surface area contributed by atoms with E-state index in [2.05, 4.69) is 0 Å². The van der Waals surface area contributed by atoms with Crippen LogP contribution in [0.2, 0.25) is 5.02 Å². The van der Waals surface area contributed by atoms with E-state index in [1.165, 1.54) is 0 Å². The second-order valence-corrected chi connectivity index (χ2v) is 8.06. The summed E-state index contributed by atoms with van der Waals surface area (Å²) < 4.78 is 34.0. The summed E-state index contributed by atoms with van der Waals surface area (Å²) in [7, 11) is -3.53. The van der Waals surface area contributed by atoms with Gasteiger partial charge in [0.1, 0.15) is 12.2 Å². The summed E-state index contributed by atoms with van der Waals surface area (Å²) in [6.07, 6.45) is 2.79. The molecule has 0 bridgehead atoms. The highest BCUT2D eigenvalue weighted by molar-refractivity contribution is 7.86. The molecular formula is C19H19ClO4S. The predicted octanol–water partition coefficient (Wildman–Crippen LogP) is 4.23. The first kappa shape index (κ1) is 18.1. The molecule has 1 heterocycles. The van der Waals surface area contributed by atoms with Gasteiger partial charge in [-0.1, -0.05) is 60.1 Å². The van der Waals surface area contributed by atoms with Crippen molar-refractivity contribution in [2.45, 2.75) is 18.6 Å². The Hall–Kier alpha value is -1.66. The molecule has 1 aliphatic rings. The number of benzene rings is 2. The Morgan fingerprint density at radius 1 is 1.12 bits per heavy atom. The van der Waals surface area contributed by atoms with Gasteiger partial charge in [0, 0.05) is 11.4 Å². The van der Waals surface area contributed by atoms with Gasteiger partial charge in [0.25, 0.3) is 10.1 Å². The lowest BCUT2D eigenvalue weighted by atomic mass is 9.92. The molecule has 132 valence electrons. The van der Waals surface area contributed by atoms with E-state index in [1.807, 2.05) is 60.7 Å². The minimum absolute atomic E-state index is 0.215. The molecule has 2 aromatic rings. The topological polar surface area (TPSA) is 52.6 Å². The molecular weight excluding hydrogens is 360 g/mol. The van der Waals surface area contributed by atoms with E-state index >= 15 is 0 Å². The normalized spacial score (nSPS) is 22.9. The highest BCUT2D eigenvalue weighted by Crippen LogP contribution is 2.36. The van der Waals surface area contributed by atoms with E-state index < -0.39 is 16.2 Å². The second-order valence-electron chi connectivity index (χ2n) is 6.02. The molecule has 1 fully saturated rings. The average molecular weight is 379 g/mol. The van der Waals surface area contributed by atoms with Gasteiger partial charge in [-0.05, 0) is 28.8 Å². The lowest BCUT2D eigenvalue weighted by Crippen LogP contribution is -2.31. The van der Waals surface area contributed by atoms with Crippen LogP contribution in [0.25, 0.3) is 6.08 Å². The summed E-state index contributed by atoms with van der Waals surface area (Å²) in [5, 5.41) is 0.659. The lowest BCUT2D eigenvalue weighted by Gasteiger charge is -2.31. The average Bonchev–Trinajstić information content (AvgIpc) is 2.56. The molecule has 0 aromatic heterocycles. The lowest BCUT2D eigenvalue weighted by molar-refractivity contribution is -0.0116. The molecule has 0 N–H and O–H groups in total. The predicted molar refractivity (Wildman–Crippen MR) is 98.9 cm³/mol.